The number of benzene rings is 3. The van der Waals surface area contributed by atoms with Gasteiger partial charge >= 0.3 is 5.51 Å². The third-order valence-electron chi connectivity index (χ3n) is 7.92. The van der Waals surface area contributed by atoms with Crippen molar-refractivity contribution in [2.24, 2.45) is 5.92 Å². The van der Waals surface area contributed by atoms with Gasteiger partial charge in [0.2, 0.25) is 0 Å². The molecule has 1 aliphatic heterocycles. The molecule has 1 saturated heterocycles. The van der Waals surface area contributed by atoms with Crippen molar-refractivity contribution in [1.29, 1.82) is 0 Å². The van der Waals surface area contributed by atoms with Crippen LogP contribution in [0.1, 0.15) is 49.5 Å². The number of alkyl halides is 3. The summed E-state index contributed by atoms with van der Waals surface area (Å²) in [5.41, 5.74) is -2.00. The number of thioether (sulfide) groups is 1. The Kier molecular flexibility index (Phi) is 11.8. The van der Waals surface area contributed by atoms with E-state index in [4.69, 9.17) is 11.6 Å². The molecule has 44 heavy (non-hydrogen) atoms. The number of halogens is 4. The monoisotopic (exact) mass is 683 g/mol. The molecule has 0 saturated carbocycles. The molecule has 0 radical (unpaired) electrons. The molecule has 3 aromatic rings. The first-order valence-electron chi connectivity index (χ1n) is 14.3. The number of thiol groups is 1. The number of anilines is 2. The van der Waals surface area contributed by atoms with Crippen molar-refractivity contribution >= 4 is 65.2 Å². The summed E-state index contributed by atoms with van der Waals surface area (Å²) in [7, 11) is 0. The SMILES string of the molecule is CC(CS)Nc1ccc(SNC(=O)c2ccc(N3CCC([C@@H](O)C(C)(C)c4ccc(Cl)cc4)CC3)cc2)cc1SC(F)(F)F. The normalized spacial score (nSPS) is 16.0. The fraction of sp³-hybridized carbons (Fsp3) is 0.406. The van der Waals surface area contributed by atoms with Gasteiger partial charge in [-0.05, 0) is 110 Å². The highest BCUT2D eigenvalue weighted by Crippen LogP contribution is 2.42. The van der Waals surface area contributed by atoms with Crippen LogP contribution in [0.3, 0.4) is 0 Å². The molecule has 1 heterocycles. The van der Waals surface area contributed by atoms with Gasteiger partial charge in [-0.25, -0.2) is 0 Å². The zero-order chi connectivity index (χ0) is 32.1. The van der Waals surface area contributed by atoms with Gasteiger partial charge in [0.05, 0.1) is 6.10 Å². The van der Waals surface area contributed by atoms with Crippen LogP contribution >= 0.6 is 47.9 Å². The second kappa shape index (κ2) is 14.9. The number of carbonyl (C=O) groups excluding carboxylic acids is 1. The number of piperidine rings is 1. The molecule has 0 bridgehead atoms. The molecule has 5 nitrogen and oxygen atoms in total. The Morgan fingerprint density at radius 2 is 1.70 bits per heavy atom. The summed E-state index contributed by atoms with van der Waals surface area (Å²) in [4.78, 5) is 15.6. The van der Waals surface area contributed by atoms with E-state index in [1.807, 2.05) is 43.3 Å². The first-order valence-corrected chi connectivity index (χ1v) is 16.9. The number of hydrogen-bond donors (Lipinski definition) is 4. The van der Waals surface area contributed by atoms with Crippen LogP contribution in [-0.2, 0) is 5.41 Å². The van der Waals surface area contributed by atoms with Crippen LogP contribution in [0, 0.1) is 5.92 Å². The van der Waals surface area contributed by atoms with Crippen molar-refractivity contribution in [1.82, 2.24) is 4.72 Å². The molecule has 0 aromatic heterocycles. The Bertz CT molecular complexity index is 1400. The molecule has 1 unspecified atom stereocenters. The fourth-order valence-corrected chi connectivity index (χ4v) is 6.91. The molecule has 2 atom stereocenters. The summed E-state index contributed by atoms with van der Waals surface area (Å²) in [6, 6.07) is 19.5. The maximum Gasteiger partial charge on any atom is 0.446 e. The third kappa shape index (κ3) is 9.19. The van der Waals surface area contributed by atoms with Crippen molar-refractivity contribution in [3.05, 3.63) is 82.9 Å². The molecule has 3 N–H and O–H groups in total. The minimum Gasteiger partial charge on any atom is -0.392 e. The number of aliphatic hydroxyl groups is 1. The van der Waals surface area contributed by atoms with E-state index in [9.17, 15) is 23.1 Å². The molecule has 4 rings (SSSR count). The summed E-state index contributed by atoms with van der Waals surface area (Å²) >= 11 is 11.0. The van der Waals surface area contributed by atoms with Crippen LogP contribution in [0.15, 0.2) is 76.5 Å². The fourth-order valence-electron chi connectivity index (χ4n) is 5.31. The average Bonchev–Trinajstić information content (AvgIpc) is 3.00. The summed E-state index contributed by atoms with van der Waals surface area (Å²) in [6.45, 7) is 7.53. The first-order chi connectivity index (χ1) is 20.8. The van der Waals surface area contributed by atoms with Gasteiger partial charge in [-0.1, -0.05) is 37.6 Å². The van der Waals surface area contributed by atoms with Gasteiger partial charge in [0.25, 0.3) is 5.91 Å². The molecule has 0 spiro atoms. The third-order valence-corrected chi connectivity index (χ3v) is 10.3. The van der Waals surface area contributed by atoms with Crippen LogP contribution in [0.5, 0.6) is 0 Å². The zero-order valence-electron chi connectivity index (χ0n) is 24.7. The van der Waals surface area contributed by atoms with Crippen LogP contribution in [0.25, 0.3) is 0 Å². The van der Waals surface area contributed by atoms with Gasteiger partial charge in [0.15, 0.2) is 0 Å². The number of nitrogens with one attached hydrogen (secondary N) is 2. The van der Waals surface area contributed by atoms with E-state index in [-0.39, 0.29) is 34.5 Å². The second-order valence-corrected chi connectivity index (χ2v) is 14.3. The van der Waals surface area contributed by atoms with Crippen LogP contribution in [0.2, 0.25) is 5.02 Å². The van der Waals surface area contributed by atoms with E-state index in [1.54, 1.807) is 24.3 Å². The molecular formula is C32H37ClF3N3O2S3. The van der Waals surface area contributed by atoms with E-state index in [2.05, 4.69) is 41.4 Å². The Hall–Kier alpha value is -2.18. The first kappa shape index (κ1) is 34.7. The van der Waals surface area contributed by atoms with Gasteiger partial charge in [-0.3, -0.25) is 9.52 Å². The highest BCUT2D eigenvalue weighted by Gasteiger charge is 2.37. The summed E-state index contributed by atoms with van der Waals surface area (Å²) < 4.78 is 42.3. The molecule has 1 aliphatic rings. The minimum absolute atomic E-state index is 0.0274. The lowest BCUT2D eigenvalue weighted by Crippen LogP contribution is -2.45. The van der Waals surface area contributed by atoms with Gasteiger partial charge in [-0.15, -0.1) is 0 Å². The number of nitrogens with zero attached hydrogens (tertiary/aromatic N) is 1. The molecule has 0 aliphatic carbocycles. The predicted octanol–water partition coefficient (Wildman–Crippen LogP) is 8.67. The smallest absolute Gasteiger partial charge is 0.392 e. The van der Waals surface area contributed by atoms with Gasteiger partial charge in [-0.2, -0.15) is 25.8 Å². The van der Waals surface area contributed by atoms with Crippen LogP contribution in [0.4, 0.5) is 24.5 Å². The number of aliphatic hydroxyl groups excluding tert-OH is 1. The van der Waals surface area contributed by atoms with Gasteiger partial charge in [0.1, 0.15) is 0 Å². The van der Waals surface area contributed by atoms with Crippen molar-refractivity contribution < 1.29 is 23.1 Å². The highest BCUT2D eigenvalue weighted by molar-refractivity contribution is 8.00. The standard InChI is InChI=1S/C32H37ClF3N3O2S3/c1-20(19-42)37-27-13-12-26(18-28(27)43-32(34,35)36)44-38-30(41)22-4-10-25(11-5-22)39-16-14-21(15-17-39)29(40)31(2,3)23-6-8-24(33)9-7-23/h4-13,18,20-21,29,37,40,42H,14-17,19H2,1-3H3,(H,38,41)/t20?,29-/m1/s1. The molecule has 1 fully saturated rings. The van der Waals surface area contributed by atoms with Gasteiger partial charge < -0.3 is 15.3 Å². The second-order valence-electron chi connectivity index (χ2n) is 11.5. The Balaban J connectivity index is 1.32. The Morgan fingerprint density at radius 1 is 1.07 bits per heavy atom. The van der Waals surface area contributed by atoms with E-state index < -0.39 is 17.0 Å². The zero-order valence-corrected chi connectivity index (χ0v) is 28.0. The van der Waals surface area contributed by atoms with Crippen molar-refractivity contribution in [3.63, 3.8) is 0 Å². The van der Waals surface area contributed by atoms with Crippen molar-refractivity contribution in [2.75, 3.05) is 29.1 Å². The summed E-state index contributed by atoms with van der Waals surface area (Å²) in [5, 5.41) is 15.0. The number of amides is 1. The Morgan fingerprint density at radius 3 is 2.30 bits per heavy atom. The minimum atomic E-state index is -4.45. The lowest BCUT2D eigenvalue weighted by Gasteiger charge is -2.41. The largest absolute Gasteiger partial charge is 0.446 e. The number of rotatable bonds is 11. The lowest BCUT2D eigenvalue weighted by atomic mass is 9.72. The molecule has 12 heteroatoms. The number of carbonyl (C=O) groups is 1. The van der Waals surface area contributed by atoms with Crippen molar-refractivity contribution in [2.45, 2.75) is 66.5 Å². The topological polar surface area (TPSA) is 64.6 Å². The summed E-state index contributed by atoms with van der Waals surface area (Å²) in [5.74, 6) is 0.279. The molecular weight excluding hydrogens is 647 g/mol. The quantitative estimate of drug-likeness (QED) is 0.0922. The lowest BCUT2D eigenvalue weighted by molar-refractivity contribution is -0.0328. The molecule has 238 valence electrons. The Labute approximate surface area is 276 Å². The maximum absolute atomic E-state index is 13.2. The summed E-state index contributed by atoms with van der Waals surface area (Å²) in [6.07, 6.45) is 1.18. The van der Waals surface area contributed by atoms with E-state index in [1.165, 1.54) is 6.07 Å². The average molecular weight is 684 g/mol. The van der Waals surface area contributed by atoms with Crippen LogP contribution < -0.4 is 14.9 Å². The van der Waals surface area contributed by atoms with Gasteiger partial charge in [0, 0.05) is 62.1 Å². The predicted molar refractivity (Wildman–Crippen MR) is 180 cm³/mol. The highest BCUT2D eigenvalue weighted by atomic mass is 35.5. The van der Waals surface area contributed by atoms with Crippen LogP contribution in [-0.4, -0.2) is 47.5 Å². The van der Waals surface area contributed by atoms with E-state index in [0.29, 0.717) is 26.9 Å². The van der Waals surface area contributed by atoms with E-state index >= 15 is 0 Å². The molecule has 3 aromatic carbocycles. The number of hydrogen-bond acceptors (Lipinski definition) is 7. The molecule has 1 amide bonds. The van der Waals surface area contributed by atoms with Crippen molar-refractivity contribution in [3.8, 4) is 0 Å². The van der Waals surface area contributed by atoms with E-state index in [0.717, 1.165) is 49.1 Å². The maximum atomic E-state index is 13.2.